The van der Waals surface area contributed by atoms with E-state index in [1.54, 1.807) is 0 Å². The minimum absolute atomic E-state index is 0.947. The standard InChI is InChI=1S/C10H16/c1-2-6-10-8-4-3-7-9(10)5-1/h5,9H,1-4,6-8H2. The van der Waals surface area contributed by atoms with Crippen molar-refractivity contribution in [2.45, 2.75) is 44.9 Å². The molecule has 2 rings (SSSR count). The van der Waals surface area contributed by atoms with E-state index in [1.807, 2.05) is 5.92 Å². The molecule has 0 aromatic heterocycles. The van der Waals surface area contributed by atoms with Gasteiger partial charge in [0.15, 0.2) is 0 Å². The molecule has 2 aliphatic rings. The quantitative estimate of drug-likeness (QED) is 0.480. The van der Waals surface area contributed by atoms with Gasteiger partial charge in [-0.2, -0.15) is 0 Å². The van der Waals surface area contributed by atoms with Crippen LogP contribution in [0.2, 0.25) is 0 Å². The number of hydrogen-bond acceptors (Lipinski definition) is 0. The van der Waals surface area contributed by atoms with Crippen molar-refractivity contribution in [1.29, 1.82) is 0 Å². The molecule has 1 atom stereocenters. The fraction of sp³-hybridized carbons (Fsp3) is 0.800. The van der Waals surface area contributed by atoms with Crippen molar-refractivity contribution in [3.63, 3.8) is 0 Å². The zero-order valence-corrected chi connectivity index (χ0v) is 6.60. The van der Waals surface area contributed by atoms with Crippen LogP contribution in [0.1, 0.15) is 44.9 Å². The van der Waals surface area contributed by atoms with Gasteiger partial charge in [-0.3, -0.25) is 0 Å². The van der Waals surface area contributed by atoms with E-state index in [9.17, 15) is 0 Å². The van der Waals surface area contributed by atoms with Crippen molar-refractivity contribution in [3.05, 3.63) is 12.3 Å². The highest BCUT2D eigenvalue weighted by molar-refractivity contribution is 5.07. The van der Waals surface area contributed by atoms with Crippen LogP contribution in [0.5, 0.6) is 0 Å². The third kappa shape index (κ3) is 1.21. The molecular formula is C10H16. The zero-order chi connectivity index (χ0) is 6.81. The van der Waals surface area contributed by atoms with Gasteiger partial charge in [0, 0.05) is 0 Å². The lowest BCUT2D eigenvalue weighted by atomic mass is 9.71. The Morgan fingerprint density at radius 3 is 2.90 bits per heavy atom. The second-order valence-corrected chi connectivity index (χ2v) is 3.64. The molecule has 2 aliphatic carbocycles. The summed E-state index contributed by atoms with van der Waals surface area (Å²) in [5.74, 6) is 2.82. The lowest BCUT2D eigenvalue weighted by molar-refractivity contribution is 0.368. The first-order chi connectivity index (χ1) is 4.97. The fourth-order valence-corrected chi connectivity index (χ4v) is 2.35. The highest BCUT2D eigenvalue weighted by Gasteiger charge is 2.27. The van der Waals surface area contributed by atoms with Gasteiger partial charge in [0.1, 0.15) is 0 Å². The van der Waals surface area contributed by atoms with Crippen LogP contribution in [-0.4, -0.2) is 0 Å². The van der Waals surface area contributed by atoms with Gasteiger partial charge < -0.3 is 0 Å². The van der Waals surface area contributed by atoms with Crippen molar-refractivity contribution in [3.8, 4) is 0 Å². The maximum Gasteiger partial charge on any atom is -0.0207 e. The van der Waals surface area contributed by atoms with E-state index in [-0.39, 0.29) is 0 Å². The predicted octanol–water partition coefficient (Wildman–Crippen LogP) is 3.14. The minimum atomic E-state index is 0.947. The molecule has 0 bridgehead atoms. The molecule has 10 heavy (non-hydrogen) atoms. The molecule has 0 amide bonds. The lowest BCUT2D eigenvalue weighted by Gasteiger charge is -2.34. The van der Waals surface area contributed by atoms with Crippen molar-refractivity contribution < 1.29 is 0 Å². The Balaban J connectivity index is 1.93. The van der Waals surface area contributed by atoms with Gasteiger partial charge in [-0.05, 0) is 43.9 Å². The zero-order valence-electron chi connectivity index (χ0n) is 6.60. The number of fused-ring (bicyclic) bond motifs is 1. The van der Waals surface area contributed by atoms with Crippen LogP contribution in [0.4, 0.5) is 0 Å². The maximum absolute atomic E-state index is 2.55. The van der Waals surface area contributed by atoms with Crippen LogP contribution < -0.4 is 0 Å². The predicted molar refractivity (Wildman–Crippen MR) is 43.4 cm³/mol. The molecule has 2 fully saturated rings. The van der Waals surface area contributed by atoms with Crippen molar-refractivity contribution in [2.24, 2.45) is 5.92 Å². The molecule has 0 saturated heterocycles. The molecule has 2 saturated carbocycles. The summed E-state index contributed by atoms with van der Waals surface area (Å²) in [5.41, 5.74) is 0. The molecule has 0 heteroatoms. The van der Waals surface area contributed by atoms with Crippen molar-refractivity contribution in [2.75, 3.05) is 0 Å². The van der Waals surface area contributed by atoms with E-state index < -0.39 is 0 Å². The minimum Gasteiger partial charge on any atom is -0.0530 e. The smallest absolute Gasteiger partial charge is 0.0207 e. The lowest BCUT2D eigenvalue weighted by Crippen LogP contribution is -2.21. The molecule has 0 spiro atoms. The Bertz CT molecular complexity index is 80.6. The highest BCUT2D eigenvalue weighted by Crippen LogP contribution is 2.41. The Labute approximate surface area is 64.0 Å². The van der Waals surface area contributed by atoms with E-state index >= 15 is 0 Å². The maximum atomic E-state index is 2.55. The highest BCUT2D eigenvalue weighted by atomic mass is 14.3. The van der Waals surface area contributed by atoms with E-state index in [0.29, 0.717) is 0 Å². The average Bonchev–Trinajstić information content (AvgIpc) is 2.05. The van der Waals surface area contributed by atoms with Gasteiger partial charge >= 0.3 is 0 Å². The summed E-state index contributed by atoms with van der Waals surface area (Å²) in [6, 6.07) is 0. The molecule has 0 nitrogen and oxygen atoms in total. The van der Waals surface area contributed by atoms with Gasteiger partial charge in [-0.25, -0.2) is 0 Å². The monoisotopic (exact) mass is 136 g/mol. The summed E-state index contributed by atoms with van der Waals surface area (Å²) < 4.78 is 0. The molecular weight excluding hydrogens is 120 g/mol. The second kappa shape index (κ2) is 2.94. The largest absolute Gasteiger partial charge is 0.0530 e. The summed E-state index contributed by atoms with van der Waals surface area (Å²) in [7, 11) is 0. The Hall–Kier alpha value is 0. The van der Waals surface area contributed by atoms with Crippen LogP contribution >= 0.6 is 0 Å². The Kier molecular flexibility index (Phi) is 1.97. The topological polar surface area (TPSA) is 0 Å². The van der Waals surface area contributed by atoms with Gasteiger partial charge in [0.05, 0.1) is 0 Å². The summed E-state index contributed by atoms with van der Waals surface area (Å²) in [6.07, 6.45) is 12.7. The van der Waals surface area contributed by atoms with Crippen LogP contribution in [0.15, 0.2) is 0 Å². The molecule has 1 unspecified atom stereocenters. The van der Waals surface area contributed by atoms with Gasteiger partial charge in [0.2, 0.25) is 0 Å². The number of rotatable bonds is 0. The third-order valence-corrected chi connectivity index (χ3v) is 2.94. The molecule has 0 heterocycles. The van der Waals surface area contributed by atoms with E-state index in [0.717, 1.165) is 5.92 Å². The first kappa shape index (κ1) is 6.69. The van der Waals surface area contributed by atoms with Crippen LogP contribution in [0.3, 0.4) is 0 Å². The average molecular weight is 136 g/mol. The first-order valence-electron chi connectivity index (χ1n) is 4.65. The van der Waals surface area contributed by atoms with Crippen LogP contribution in [0.25, 0.3) is 0 Å². The van der Waals surface area contributed by atoms with E-state index in [4.69, 9.17) is 0 Å². The van der Waals surface area contributed by atoms with Crippen LogP contribution in [-0.2, 0) is 0 Å². The summed E-state index contributed by atoms with van der Waals surface area (Å²) in [6.45, 7) is 0. The molecule has 56 valence electrons. The molecule has 0 N–H and O–H groups in total. The molecule has 0 aliphatic heterocycles. The molecule has 0 aromatic carbocycles. The summed E-state index contributed by atoms with van der Waals surface area (Å²) >= 11 is 0. The van der Waals surface area contributed by atoms with Gasteiger partial charge in [-0.15, -0.1) is 0 Å². The molecule has 0 aromatic rings. The SMILES string of the molecule is [CH]1CCC[C]2CCCCC12. The summed E-state index contributed by atoms with van der Waals surface area (Å²) in [4.78, 5) is 0. The van der Waals surface area contributed by atoms with Crippen molar-refractivity contribution >= 4 is 0 Å². The first-order valence-corrected chi connectivity index (χ1v) is 4.65. The van der Waals surface area contributed by atoms with Gasteiger partial charge in [-0.1, -0.05) is 19.3 Å². The van der Waals surface area contributed by atoms with E-state index in [2.05, 4.69) is 6.42 Å². The van der Waals surface area contributed by atoms with Crippen molar-refractivity contribution in [1.82, 2.24) is 0 Å². The van der Waals surface area contributed by atoms with Crippen LogP contribution in [0, 0.1) is 18.3 Å². The van der Waals surface area contributed by atoms with Gasteiger partial charge in [0.25, 0.3) is 0 Å². The summed E-state index contributed by atoms with van der Waals surface area (Å²) in [5, 5.41) is 0. The normalized spacial score (nSPS) is 30.0. The fourth-order valence-electron chi connectivity index (χ4n) is 2.35. The third-order valence-electron chi connectivity index (χ3n) is 2.94. The van der Waals surface area contributed by atoms with E-state index in [1.165, 1.54) is 44.9 Å². The number of hydrogen-bond donors (Lipinski definition) is 0. The second-order valence-electron chi connectivity index (χ2n) is 3.64. The Morgan fingerprint density at radius 2 is 2.00 bits per heavy atom. The molecule has 2 radical (unpaired) electrons. The Morgan fingerprint density at radius 1 is 1.10 bits per heavy atom.